The van der Waals surface area contributed by atoms with Crippen molar-refractivity contribution in [3.63, 3.8) is 0 Å². The van der Waals surface area contributed by atoms with Gasteiger partial charge in [0.15, 0.2) is 0 Å². The van der Waals surface area contributed by atoms with Gasteiger partial charge < -0.3 is 24.8 Å². The molecule has 0 saturated carbocycles. The first-order chi connectivity index (χ1) is 14.7. The van der Waals surface area contributed by atoms with E-state index in [1.54, 1.807) is 26.6 Å². The Morgan fingerprint density at radius 3 is 2.21 bits per heavy atom. The van der Waals surface area contributed by atoms with Crippen LogP contribution in [0.3, 0.4) is 0 Å². The van der Waals surface area contributed by atoms with Gasteiger partial charge in [-0.3, -0.25) is 0 Å². The fourth-order valence-corrected chi connectivity index (χ4v) is 10.7. The van der Waals surface area contributed by atoms with Gasteiger partial charge in [-0.15, -0.1) is 29.0 Å². The SMILES string of the molecule is CC(C)(C)c1ccc(-c2cccc3[cH-]ccc23)cc1.CC1=PC2=CC=C3C2=C1[Si]3(C)C.[Cl-].[Cl-].[Zr+3]. The van der Waals surface area contributed by atoms with Crippen LogP contribution in [0.25, 0.3) is 21.9 Å². The van der Waals surface area contributed by atoms with E-state index in [4.69, 9.17) is 0 Å². The molecule has 173 valence electrons. The Kier molecular flexibility index (Phi) is 9.17. The summed E-state index contributed by atoms with van der Waals surface area (Å²) in [4.78, 5) is 0. The Hall–Kier alpha value is -0.880. The summed E-state index contributed by atoms with van der Waals surface area (Å²) in [6.45, 7) is 14.0. The maximum Gasteiger partial charge on any atom is 3.00 e. The van der Waals surface area contributed by atoms with Gasteiger partial charge in [0.25, 0.3) is 0 Å². The molecule has 1 aliphatic carbocycles. The van der Waals surface area contributed by atoms with Crippen LogP contribution in [0.1, 0.15) is 33.3 Å². The molecule has 0 atom stereocenters. The standard InChI is InChI=1S/C19H19.C10H11PSi.2ClH.Zr/c1-19(2,3)16-12-10-15(11-13-16)18-9-5-7-14-6-4-8-17(14)18;1-6-10-9-7(11-6)4-5-8(9)12(10,2)3;;;/h4-13H,1-3H3;4-5H,1-3H3;2*1H;/q-1;;;;+3/p-2. The van der Waals surface area contributed by atoms with Crippen LogP contribution in [-0.2, 0) is 31.6 Å². The van der Waals surface area contributed by atoms with E-state index >= 15 is 0 Å². The summed E-state index contributed by atoms with van der Waals surface area (Å²) in [5.74, 6) is 0. The van der Waals surface area contributed by atoms with Gasteiger partial charge in [0, 0.05) is 5.31 Å². The van der Waals surface area contributed by atoms with Gasteiger partial charge in [-0.05, 0) is 50.8 Å². The monoisotopic (exact) mass is 597 g/mol. The maximum absolute atomic E-state index is 2.47. The summed E-state index contributed by atoms with van der Waals surface area (Å²) in [5, 5.41) is 9.33. The molecule has 6 rings (SSSR count). The van der Waals surface area contributed by atoms with E-state index in [2.05, 4.69) is 114 Å². The molecule has 0 amide bonds. The van der Waals surface area contributed by atoms with Crippen LogP contribution < -0.4 is 24.8 Å². The van der Waals surface area contributed by atoms with E-state index in [0.29, 0.717) is 0 Å². The van der Waals surface area contributed by atoms with Crippen LogP contribution in [-0.4, -0.2) is 13.4 Å². The van der Waals surface area contributed by atoms with Crippen LogP contribution in [0.4, 0.5) is 0 Å². The van der Waals surface area contributed by atoms with Gasteiger partial charge in [0.05, 0.1) is 0 Å². The van der Waals surface area contributed by atoms with Gasteiger partial charge in [-0.1, -0.05) is 84.0 Å². The summed E-state index contributed by atoms with van der Waals surface area (Å²) in [5.41, 5.74) is 5.86. The van der Waals surface area contributed by atoms with Crippen molar-refractivity contribution in [2.45, 2.75) is 46.2 Å². The molecule has 0 bridgehead atoms. The average Bonchev–Trinajstić information content (AvgIpc) is 3.39. The van der Waals surface area contributed by atoms with Crippen LogP contribution in [0.2, 0.25) is 13.1 Å². The minimum Gasteiger partial charge on any atom is -1.00 e. The predicted molar refractivity (Wildman–Crippen MR) is 142 cm³/mol. The Labute approximate surface area is 238 Å². The van der Waals surface area contributed by atoms with Gasteiger partial charge in [0.2, 0.25) is 0 Å². The second kappa shape index (κ2) is 10.6. The summed E-state index contributed by atoms with van der Waals surface area (Å²) in [6, 6.07) is 22.0. The molecule has 0 spiro atoms. The Morgan fingerprint density at radius 2 is 1.56 bits per heavy atom. The maximum atomic E-state index is 2.47. The molecule has 3 aromatic carbocycles. The summed E-state index contributed by atoms with van der Waals surface area (Å²) >= 11 is 0. The number of hydrogen-bond acceptors (Lipinski definition) is 0. The first kappa shape index (κ1) is 29.4. The van der Waals surface area contributed by atoms with Gasteiger partial charge in [-0.2, -0.15) is 12.1 Å². The van der Waals surface area contributed by atoms with Crippen molar-refractivity contribution < 1.29 is 51.0 Å². The molecule has 2 aliphatic heterocycles. The minimum absolute atomic E-state index is 0. The molecule has 0 fully saturated rings. The molecule has 2 heterocycles. The van der Waals surface area contributed by atoms with Crippen molar-refractivity contribution in [3.8, 4) is 11.1 Å². The van der Waals surface area contributed by atoms with Gasteiger partial charge in [-0.25, -0.2) is 0 Å². The Morgan fingerprint density at radius 1 is 0.882 bits per heavy atom. The summed E-state index contributed by atoms with van der Waals surface area (Å²) in [7, 11) is 0.396. The third-order valence-electron chi connectivity index (χ3n) is 6.87. The van der Waals surface area contributed by atoms with Crippen LogP contribution in [0.15, 0.2) is 94.1 Å². The van der Waals surface area contributed by atoms with Crippen molar-refractivity contribution in [2.24, 2.45) is 0 Å². The largest absolute Gasteiger partial charge is 3.00 e. The zero-order chi connectivity index (χ0) is 22.0. The first-order valence-electron chi connectivity index (χ1n) is 11.2. The van der Waals surface area contributed by atoms with Gasteiger partial charge in [0.1, 0.15) is 8.07 Å². The van der Waals surface area contributed by atoms with Crippen molar-refractivity contribution in [2.75, 3.05) is 0 Å². The Balaban J connectivity index is 0.000000238. The Bertz CT molecular complexity index is 1330. The molecule has 0 N–H and O–H groups in total. The number of rotatable bonds is 1. The van der Waals surface area contributed by atoms with E-state index in [1.165, 1.54) is 35.7 Å². The van der Waals surface area contributed by atoms with Crippen molar-refractivity contribution in [3.05, 3.63) is 99.7 Å². The second-order valence-electron chi connectivity index (χ2n) is 10.4. The summed E-state index contributed by atoms with van der Waals surface area (Å²) in [6.07, 6.45) is 4.68. The van der Waals surface area contributed by atoms with Gasteiger partial charge >= 0.3 is 26.2 Å². The minimum atomic E-state index is -1.09. The number of allylic oxidation sites excluding steroid dienone is 6. The van der Waals surface area contributed by atoms with Crippen molar-refractivity contribution in [1.82, 2.24) is 0 Å². The van der Waals surface area contributed by atoms with Crippen molar-refractivity contribution >= 4 is 32.3 Å². The molecule has 1 radical (unpaired) electrons. The van der Waals surface area contributed by atoms with E-state index < -0.39 is 8.07 Å². The van der Waals surface area contributed by atoms with E-state index in [0.717, 1.165) is 0 Å². The predicted octanol–water partition coefficient (Wildman–Crippen LogP) is 2.59. The van der Waals surface area contributed by atoms with Crippen LogP contribution in [0, 0.1) is 0 Å². The molecule has 0 aromatic heterocycles. The third kappa shape index (κ3) is 4.87. The summed E-state index contributed by atoms with van der Waals surface area (Å²) < 4.78 is 0. The molecule has 34 heavy (non-hydrogen) atoms. The number of hydrogen-bond donors (Lipinski definition) is 0. The van der Waals surface area contributed by atoms with E-state index in [-0.39, 0.29) is 56.4 Å². The second-order valence-corrected chi connectivity index (χ2v) is 16.0. The molecular weight excluding hydrogens is 570 g/mol. The average molecular weight is 600 g/mol. The van der Waals surface area contributed by atoms with E-state index in [9.17, 15) is 0 Å². The molecule has 0 unspecified atom stereocenters. The van der Waals surface area contributed by atoms with E-state index in [1.807, 2.05) is 0 Å². The normalized spacial score (nSPS) is 16.9. The number of halogens is 2. The topological polar surface area (TPSA) is 0 Å². The molecule has 0 nitrogen and oxygen atoms in total. The fraction of sp³-hybridized carbons (Fsp3) is 0.241. The first-order valence-corrected chi connectivity index (χ1v) is 15.1. The van der Waals surface area contributed by atoms with Crippen LogP contribution >= 0.6 is 8.20 Å². The number of benzene rings is 2. The molecular formula is C29H30Cl2PSiZr. The van der Waals surface area contributed by atoms with Crippen molar-refractivity contribution in [1.29, 1.82) is 0 Å². The molecule has 0 saturated heterocycles. The third-order valence-corrected chi connectivity index (χ3v) is 11.9. The zero-order valence-corrected chi connectivity index (χ0v) is 26.5. The fourth-order valence-electron chi connectivity index (χ4n) is 5.16. The molecule has 3 aromatic rings. The zero-order valence-electron chi connectivity index (χ0n) is 20.6. The molecule has 5 heteroatoms. The van der Waals surface area contributed by atoms with Crippen LogP contribution in [0.5, 0.6) is 0 Å². The quantitative estimate of drug-likeness (QED) is 0.229. The smallest absolute Gasteiger partial charge is 1.00 e. The number of fused-ring (bicyclic) bond motifs is 1. The molecule has 3 aliphatic rings.